The van der Waals surface area contributed by atoms with Gasteiger partial charge in [0.15, 0.2) is 0 Å². The summed E-state index contributed by atoms with van der Waals surface area (Å²) in [7, 11) is 0. The zero-order valence-corrected chi connectivity index (χ0v) is 26.0. The standard InChI is InChI=1S/C36H31ClF3N3O3/c1-21(44)35(2,3)26-7-4-6-23(16-26)24-11-12-25(29(37)17-24)19-43(20-27-13-14-32(46-27)36(38,39)40)34(45)28-18-31(22-9-10-22)42-30-8-5-15-41-33(28)30/h4-8,11-18,22,44H,1,9-10,19-20H2,2-3H3. The second-order valence-corrected chi connectivity index (χ2v) is 12.5. The molecule has 0 aliphatic heterocycles. The molecule has 236 valence electrons. The molecule has 3 aromatic heterocycles. The molecule has 0 atom stereocenters. The topological polar surface area (TPSA) is 79.5 Å². The van der Waals surface area contributed by atoms with Crippen molar-refractivity contribution in [1.82, 2.24) is 14.9 Å². The maximum absolute atomic E-state index is 14.3. The predicted octanol–water partition coefficient (Wildman–Crippen LogP) is 9.63. The number of pyridine rings is 2. The van der Waals surface area contributed by atoms with Crippen LogP contribution in [0.5, 0.6) is 0 Å². The van der Waals surface area contributed by atoms with Crippen LogP contribution in [-0.4, -0.2) is 25.9 Å². The molecule has 1 fully saturated rings. The Kier molecular flexibility index (Phi) is 8.14. The van der Waals surface area contributed by atoms with Gasteiger partial charge in [0.2, 0.25) is 5.76 Å². The molecule has 6 rings (SSSR count). The van der Waals surface area contributed by atoms with E-state index in [9.17, 15) is 23.1 Å². The lowest BCUT2D eigenvalue weighted by Gasteiger charge is -2.25. The van der Waals surface area contributed by atoms with Crippen LogP contribution in [0.3, 0.4) is 0 Å². The van der Waals surface area contributed by atoms with Crippen molar-refractivity contribution in [1.29, 1.82) is 0 Å². The summed E-state index contributed by atoms with van der Waals surface area (Å²) in [5.41, 5.74) is 4.57. The Balaban J connectivity index is 1.36. The first kappa shape index (κ1) is 31.4. The van der Waals surface area contributed by atoms with Crippen LogP contribution in [0.1, 0.15) is 71.3 Å². The van der Waals surface area contributed by atoms with E-state index in [2.05, 4.69) is 11.6 Å². The van der Waals surface area contributed by atoms with E-state index in [-0.39, 0.29) is 30.5 Å². The number of furan rings is 1. The molecule has 10 heteroatoms. The first-order valence-electron chi connectivity index (χ1n) is 14.8. The van der Waals surface area contributed by atoms with Crippen LogP contribution < -0.4 is 0 Å². The Labute approximate surface area is 269 Å². The van der Waals surface area contributed by atoms with Crippen LogP contribution in [0, 0.1) is 0 Å². The number of nitrogens with zero attached hydrogens (tertiary/aromatic N) is 3. The Hall–Kier alpha value is -4.63. The minimum Gasteiger partial charge on any atom is -0.512 e. The summed E-state index contributed by atoms with van der Waals surface area (Å²) in [4.78, 5) is 24.8. The summed E-state index contributed by atoms with van der Waals surface area (Å²) in [5.74, 6) is -1.29. The molecule has 1 saturated carbocycles. The summed E-state index contributed by atoms with van der Waals surface area (Å²) >= 11 is 6.80. The molecular formula is C36H31ClF3N3O3. The van der Waals surface area contributed by atoms with Gasteiger partial charge < -0.3 is 14.4 Å². The number of aromatic nitrogens is 2. The second kappa shape index (κ2) is 11.9. The molecule has 1 N–H and O–H groups in total. The lowest BCUT2D eigenvalue weighted by atomic mass is 9.82. The highest BCUT2D eigenvalue weighted by Gasteiger charge is 2.35. The SMILES string of the molecule is C=C(O)C(C)(C)c1cccc(-c2ccc(CN(Cc3ccc(C(F)(F)F)o3)C(=O)c3cc(C4CC4)nc4cccnc34)c(Cl)c2)c1. The van der Waals surface area contributed by atoms with Crippen LogP contribution in [0.2, 0.25) is 5.02 Å². The highest BCUT2D eigenvalue weighted by Crippen LogP contribution is 2.40. The van der Waals surface area contributed by atoms with E-state index in [0.29, 0.717) is 27.2 Å². The summed E-state index contributed by atoms with van der Waals surface area (Å²) < 4.78 is 45.2. The van der Waals surface area contributed by atoms with Crippen molar-refractivity contribution in [2.45, 2.75) is 57.3 Å². The first-order valence-corrected chi connectivity index (χ1v) is 15.2. The van der Waals surface area contributed by atoms with Crippen LogP contribution in [0.25, 0.3) is 22.2 Å². The molecule has 2 aromatic carbocycles. The van der Waals surface area contributed by atoms with Crippen molar-refractivity contribution in [2.75, 3.05) is 0 Å². The van der Waals surface area contributed by atoms with Gasteiger partial charge in [-0.1, -0.05) is 54.6 Å². The maximum Gasteiger partial charge on any atom is 0.449 e. The van der Waals surface area contributed by atoms with Crippen molar-refractivity contribution in [3.8, 4) is 11.1 Å². The first-order chi connectivity index (χ1) is 21.8. The van der Waals surface area contributed by atoms with Gasteiger partial charge >= 0.3 is 6.18 Å². The molecule has 0 bridgehead atoms. The number of aliphatic hydroxyl groups excluding tert-OH is 1. The second-order valence-electron chi connectivity index (χ2n) is 12.1. The van der Waals surface area contributed by atoms with Crippen LogP contribution in [-0.2, 0) is 24.7 Å². The Morgan fingerprint density at radius 1 is 1.02 bits per heavy atom. The fourth-order valence-corrected chi connectivity index (χ4v) is 5.56. The zero-order chi connectivity index (χ0) is 32.8. The molecule has 0 radical (unpaired) electrons. The van der Waals surface area contributed by atoms with E-state index in [1.54, 1.807) is 36.5 Å². The van der Waals surface area contributed by atoms with Gasteiger partial charge in [-0.2, -0.15) is 13.2 Å². The van der Waals surface area contributed by atoms with Crippen LogP contribution in [0.15, 0.2) is 95.7 Å². The number of allylic oxidation sites excluding steroid dienone is 1. The van der Waals surface area contributed by atoms with E-state index in [1.807, 2.05) is 44.2 Å². The fourth-order valence-electron chi connectivity index (χ4n) is 5.32. The number of alkyl halides is 3. The summed E-state index contributed by atoms with van der Waals surface area (Å²) in [6.07, 6.45) is -1.14. The number of aliphatic hydroxyl groups is 1. The summed E-state index contributed by atoms with van der Waals surface area (Å²) in [6, 6.07) is 20.5. The number of amides is 1. The molecule has 1 aliphatic carbocycles. The average molecular weight is 646 g/mol. The minimum absolute atomic E-state index is 0.00713. The highest BCUT2D eigenvalue weighted by atomic mass is 35.5. The van der Waals surface area contributed by atoms with E-state index in [1.165, 1.54) is 11.0 Å². The molecule has 5 aromatic rings. The Morgan fingerprint density at radius 3 is 2.46 bits per heavy atom. The minimum atomic E-state index is -4.66. The third-order valence-electron chi connectivity index (χ3n) is 8.44. The number of halogens is 4. The van der Waals surface area contributed by atoms with Gasteiger partial charge in [0.1, 0.15) is 11.3 Å². The molecule has 1 amide bonds. The number of rotatable bonds is 9. The highest BCUT2D eigenvalue weighted by molar-refractivity contribution is 6.31. The normalized spacial score (nSPS) is 13.6. The quantitative estimate of drug-likeness (QED) is 0.162. The Morgan fingerprint density at radius 2 is 1.78 bits per heavy atom. The van der Waals surface area contributed by atoms with Gasteiger partial charge in [0, 0.05) is 34.8 Å². The third-order valence-corrected chi connectivity index (χ3v) is 8.79. The van der Waals surface area contributed by atoms with Crippen molar-refractivity contribution in [3.63, 3.8) is 0 Å². The zero-order valence-electron chi connectivity index (χ0n) is 25.2. The van der Waals surface area contributed by atoms with Crippen molar-refractivity contribution in [2.24, 2.45) is 0 Å². The molecule has 0 spiro atoms. The molecule has 0 unspecified atom stereocenters. The lowest BCUT2D eigenvalue weighted by molar-refractivity contribution is -0.153. The summed E-state index contributed by atoms with van der Waals surface area (Å²) in [5, 5.41) is 10.5. The largest absolute Gasteiger partial charge is 0.512 e. The van der Waals surface area contributed by atoms with E-state index in [4.69, 9.17) is 21.0 Å². The van der Waals surface area contributed by atoms with Crippen molar-refractivity contribution in [3.05, 3.63) is 130 Å². The smallest absolute Gasteiger partial charge is 0.449 e. The fraction of sp³-hybridized carbons (Fsp3) is 0.250. The molecule has 0 saturated heterocycles. The van der Waals surface area contributed by atoms with E-state index < -0.39 is 23.3 Å². The summed E-state index contributed by atoms with van der Waals surface area (Å²) in [6.45, 7) is 7.22. The van der Waals surface area contributed by atoms with E-state index >= 15 is 0 Å². The molecule has 6 nitrogen and oxygen atoms in total. The molecule has 1 aliphatic rings. The molecule has 3 heterocycles. The van der Waals surface area contributed by atoms with Crippen LogP contribution in [0.4, 0.5) is 13.2 Å². The van der Waals surface area contributed by atoms with E-state index in [0.717, 1.165) is 41.3 Å². The molecule has 46 heavy (non-hydrogen) atoms. The van der Waals surface area contributed by atoms with Gasteiger partial charge in [-0.25, -0.2) is 0 Å². The maximum atomic E-state index is 14.3. The monoisotopic (exact) mass is 645 g/mol. The molecular weight excluding hydrogens is 615 g/mol. The number of benzene rings is 2. The van der Waals surface area contributed by atoms with Gasteiger partial charge in [0.05, 0.1) is 23.4 Å². The van der Waals surface area contributed by atoms with Crippen molar-refractivity contribution < 1.29 is 27.5 Å². The third kappa shape index (κ3) is 6.37. The lowest BCUT2D eigenvalue weighted by Crippen LogP contribution is -2.30. The van der Waals surface area contributed by atoms with Crippen molar-refractivity contribution >= 4 is 28.5 Å². The van der Waals surface area contributed by atoms with Gasteiger partial charge in [-0.15, -0.1) is 0 Å². The average Bonchev–Trinajstić information content (AvgIpc) is 3.77. The number of hydrogen-bond acceptors (Lipinski definition) is 5. The predicted molar refractivity (Wildman–Crippen MR) is 170 cm³/mol. The Bertz CT molecular complexity index is 1960. The number of carbonyl (C=O) groups excluding carboxylic acids is 1. The number of hydrogen-bond donors (Lipinski definition) is 1. The number of carbonyl (C=O) groups is 1. The van der Waals surface area contributed by atoms with Gasteiger partial charge in [-0.3, -0.25) is 14.8 Å². The number of fused-ring (bicyclic) bond motifs is 1. The van der Waals surface area contributed by atoms with Crippen LogP contribution >= 0.6 is 11.6 Å². The van der Waals surface area contributed by atoms with Gasteiger partial charge in [0.25, 0.3) is 5.91 Å². The van der Waals surface area contributed by atoms with Gasteiger partial charge in [-0.05, 0) is 85.3 Å².